The van der Waals surface area contributed by atoms with E-state index >= 15 is 0 Å². The summed E-state index contributed by atoms with van der Waals surface area (Å²) in [6.45, 7) is 2.79. The molecule has 1 N–H and O–H groups in total. The van der Waals surface area contributed by atoms with Gasteiger partial charge in [0.25, 0.3) is 0 Å². The van der Waals surface area contributed by atoms with Crippen molar-refractivity contribution < 1.29 is 18.3 Å². The van der Waals surface area contributed by atoms with E-state index in [9.17, 15) is 13.6 Å². The quantitative estimate of drug-likeness (QED) is 0.888. The summed E-state index contributed by atoms with van der Waals surface area (Å²) < 4.78 is 33.0. The lowest BCUT2D eigenvalue weighted by Crippen LogP contribution is -2.45. The highest BCUT2D eigenvalue weighted by Gasteiger charge is 2.28. The van der Waals surface area contributed by atoms with Gasteiger partial charge in [0, 0.05) is 44.3 Å². The number of hydrogen-bond donors (Lipinski definition) is 1. The molecule has 2 aromatic rings. The fraction of sp³-hybridized carbons (Fsp3) is 0.556. The van der Waals surface area contributed by atoms with Crippen molar-refractivity contribution in [2.75, 3.05) is 31.2 Å². The molecule has 0 spiro atoms. The minimum Gasteiger partial charge on any atom is -0.381 e. The van der Waals surface area contributed by atoms with Crippen molar-refractivity contribution in [3.8, 4) is 0 Å². The van der Waals surface area contributed by atoms with Crippen LogP contribution in [-0.4, -0.2) is 43.2 Å². The van der Waals surface area contributed by atoms with Crippen LogP contribution in [0.3, 0.4) is 0 Å². The summed E-state index contributed by atoms with van der Waals surface area (Å²) in [4.78, 5) is 18.8. The van der Waals surface area contributed by atoms with Gasteiger partial charge in [0.05, 0.1) is 4.70 Å². The largest absolute Gasteiger partial charge is 0.381 e. The topological polar surface area (TPSA) is 54.5 Å². The first-order chi connectivity index (χ1) is 12.6. The van der Waals surface area contributed by atoms with Gasteiger partial charge in [-0.2, -0.15) is 0 Å². The van der Waals surface area contributed by atoms with Crippen molar-refractivity contribution in [3.05, 3.63) is 23.8 Å². The number of rotatable bonds is 3. The Morgan fingerprint density at radius 3 is 2.65 bits per heavy atom. The second kappa shape index (κ2) is 7.44. The Bertz CT molecular complexity index is 799. The first-order valence-corrected chi connectivity index (χ1v) is 9.80. The van der Waals surface area contributed by atoms with Gasteiger partial charge in [-0.1, -0.05) is 11.3 Å². The number of carbonyl (C=O) groups is 1. The molecule has 0 aliphatic carbocycles. The summed E-state index contributed by atoms with van der Waals surface area (Å²) in [7, 11) is 0. The monoisotopic (exact) mass is 381 g/mol. The number of aromatic nitrogens is 1. The van der Waals surface area contributed by atoms with E-state index in [0.717, 1.165) is 31.7 Å². The van der Waals surface area contributed by atoms with Gasteiger partial charge in [0.2, 0.25) is 5.91 Å². The number of fused-ring (bicyclic) bond motifs is 1. The number of thiazole rings is 1. The minimum absolute atomic E-state index is 0.00217. The lowest BCUT2D eigenvalue weighted by molar-refractivity contribution is -0.126. The van der Waals surface area contributed by atoms with Gasteiger partial charge in [0.15, 0.2) is 10.9 Å². The molecular formula is C18H21F2N3O2S. The third-order valence-corrected chi connectivity index (χ3v) is 6.17. The van der Waals surface area contributed by atoms with Crippen molar-refractivity contribution in [2.24, 2.45) is 5.92 Å². The molecule has 0 radical (unpaired) electrons. The predicted octanol–water partition coefficient (Wildman–Crippen LogP) is 3.09. The molecule has 0 atom stereocenters. The normalized spacial score (nSPS) is 19.8. The molecular weight excluding hydrogens is 360 g/mol. The van der Waals surface area contributed by atoms with Crippen LogP contribution in [0.5, 0.6) is 0 Å². The molecule has 5 nitrogen and oxygen atoms in total. The smallest absolute Gasteiger partial charge is 0.223 e. The second-order valence-corrected chi connectivity index (χ2v) is 7.90. The number of anilines is 1. The summed E-state index contributed by atoms with van der Waals surface area (Å²) >= 11 is 1.29. The van der Waals surface area contributed by atoms with Gasteiger partial charge < -0.3 is 15.0 Å². The fourth-order valence-corrected chi connectivity index (χ4v) is 4.63. The van der Waals surface area contributed by atoms with E-state index in [4.69, 9.17) is 4.74 Å². The van der Waals surface area contributed by atoms with Crippen LogP contribution in [0.15, 0.2) is 12.1 Å². The lowest BCUT2D eigenvalue weighted by atomic mass is 9.95. The fourth-order valence-electron chi connectivity index (χ4n) is 3.57. The summed E-state index contributed by atoms with van der Waals surface area (Å²) in [5.41, 5.74) is 0.214. The van der Waals surface area contributed by atoms with E-state index in [0.29, 0.717) is 36.1 Å². The van der Waals surface area contributed by atoms with E-state index in [2.05, 4.69) is 15.2 Å². The van der Waals surface area contributed by atoms with Crippen molar-refractivity contribution in [1.82, 2.24) is 10.3 Å². The maximum absolute atomic E-state index is 13.8. The Kier molecular flexibility index (Phi) is 5.04. The average molecular weight is 381 g/mol. The molecule has 0 bridgehead atoms. The Hall–Kier alpha value is -1.80. The number of amides is 1. The summed E-state index contributed by atoms with van der Waals surface area (Å²) in [6, 6.07) is 2.39. The molecule has 1 aromatic heterocycles. The van der Waals surface area contributed by atoms with E-state index in [-0.39, 0.29) is 23.4 Å². The van der Waals surface area contributed by atoms with Crippen molar-refractivity contribution in [2.45, 2.75) is 31.7 Å². The van der Waals surface area contributed by atoms with Crippen molar-refractivity contribution >= 4 is 32.6 Å². The van der Waals surface area contributed by atoms with E-state index < -0.39 is 11.6 Å². The van der Waals surface area contributed by atoms with Crippen LogP contribution in [0, 0.1) is 17.6 Å². The third kappa shape index (κ3) is 3.66. The average Bonchev–Trinajstić information content (AvgIpc) is 3.07. The Morgan fingerprint density at radius 2 is 1.92 bits per heavy atom. The zero-order valence-corrected chi connectivity index (χ0v) is 15.2. The molecule has 26 heavy (non-hydrogen) atoms. The highest BCUT2D eigenvalue weighted by molar-refractivity contribution is 7.22. The van der Waals surface area contributed by atoms with Gasteiger partial charge >= 0.3 is 0 Å². The number of carbonyl (C=O) groups excluding carboxylic acids is 1. The van der Waals surface area contributed by atoms with Crippen molar-refractivity contribution in [1.29, 1.82) is 0 Å². The molecule has 8 heteroatoms. The van der Waals surface area contributed by atoms with Gasteiger partial charge in [-0.15, -0.1) is 0 Å². The number of piperidine rings is 1. The molecule has 0 unspecified atom stereocenters. The molecule has 2 fully saturated rings. The number of ether oxygens (including phenoxy) is 1. The lowest BCUT2D eigenvalue weighted by Gasteiger charge is -2.32. The maximum Gasteiger partial charge on any atom is 0.223 e. The first kappa shape index (κ1) is 17.6. The minimum atomic E-state index is -0.631. The maximum atomic E-state index is 13.8. The highest BCUT2D eigenvalue weighted by Crippen LogP contribution is 2.33. The van der Waals surface area contributed by atoms with Gasteiger partial charge in [-0.3, -0.25) is 4.79 Å². The van der Waals surface area contributed by atoms with Crippen molar-refractivity contribution in [3.63, 3.8) is 0 Å². The molecule has 2 aliphatic heterocycles. The molecule has 4 rings (SSSR count). The molecule has 1 aromatic carbocycles. The Balaban J connectivity index is 1.37. The Labute approximate surface area is 154 Å². The third-order valence-electron chi connectivity index (χ3n) is 5.11. The number of hydrogen-bond acceptors (Lipinski definition) is 5. The standard InChI is InChI=1S/C18H21F2N3O2S/c19-12-9-14(20)16-15(10-12)26-18(22-16)23-5-1-11(2-6-23)17(24)21-13-3-7-25-8-4-13/h9-11,13H,1-8H2,(H,21,24). The van der Waals surface area contributed by atoms with Crippen LogP contribution in [0.4, 0.5) is 13.9 Å². The van der Waals surface area contributed by atoms with E-state index in [1.54, 1.807) is 0 Å². The number of nitrogens with one attached hydrogen (secondary N) is 1. The van der Waals surface area contributed by atoms with Crippen LogP contribution >= 0.6 is 11.3 Å². The van der Waals surface area contributed by atoms with E-state index in [1.807, 2.05) is 0 Å². The highest BCUT2D eigenvalue weighted by atomic mass is 32.1. The van der Waals surface area contributed by atoms with Gasteiger partial charge in [-0.05, 0) is 31.7 Å². The SMILES string of the molecule is O=C(NC1CCOCC1)C1CCN(c2nc3c(F)cc(F)cc3s2)CC1. The van der Waals surface area contributed by atoms with Crippen LogP contribution in [0.1, 0.15) is 25.7 Å². The van der Waals surface area contributed by atoms with Crippen LogP contribution in [-0.2, 0) is 9.53 Å². The molecule has 0 saturated carbocycles. The zero-order chi connectivity index (χ0) is 18.1. The Morgan fingerprint density at radius 1 is 1.19 bits per heavy atom. The summed E-state index contributed by atoms with van der Waals surface area (Å²) in [6.07, 6.45) is 3.22. The summed E-state index contributed by atoms with van der Waals surface area (Å²) in [5.74, 6) is -1.10. The molecule has 140 valence electrons. The zero-order valence-electron chi connectivity index (χ0n) is 14.3. The second-order valence-electron chi connectivity index (χ2n) is 6.89. The number of benzene rings is 1. The van der Waals surface area contributed by atoms with Gasteiger partial charge in [0.1, 0.15) is 11.3 Å². The molecule has 1 amide bonds. The van der Waals surface area contributed by atoms with Crippen LogP contribution < -0.4 is 10.2 Å². The molecule has 3 heterocycles. The van der Waals surface area contributed by atoms with Gasteiger partial charge in [-0.25, -0.2) is 13.8 Å². The number of nitrogens with zero attached hydrogens (tertiary/aromatic N) is 2. The van der Waals surface area contributed by atoms with Crippen LogP contribution in [0.25, 0.3) is 10.2 Å². The van der Waals surface area contributed by atoms with Crippen LogP contribution in [0.2, 0.25) is 0 Å². The first-order valence-electron chi connectivity index (χ1n) is 8.99. The summed E-state index contributed by atoms with van der Waals surface area (Å²) in [5, 5.41) is 3.82. The number of halogens is 2. The molecule has 2 saturated heterocycles. The van der Waals surface area contributed by atoms with E-state index in [1.165, 1.54) is 17.4 Å². The predicted molar refractivity (Wildman–Crippen MR) is 96.5 cm³/mol. The molecule has 2 aliphatic rings.